The van der Waals surface area contributed by atoms with Crippen molar-refractivity contribution in [1.82, 2.24) is 5.32 Å². The molecule has 2 N–H and O–H groups in total. The van der Waals surface area contributed by atoms with Crippen molar-refractivity contribution in [2.75, 3.05) is 25.6 Å². The number of methoxy groups -OCH3 is 1. The van der Waals surface area contributed by atoms with Crippen LogP contribution in [0.25, 0.3) is 0 Å². The van der Waals surface area contributed by atoms with Gasteiger partial charge in [0.05, 0.1) is 19.3 Å². The maximum absolute atomic E-state index is 11.7. The Balaban J connectivity index is 2.61. The first kappa shape index (κ1) is 15.3. The summed E-state index contributed by atoms with van der Waals surface area (Å²) in [6, 6.07) is 5.29. The number of carbonyl (C=O) groups excluding carboxylic acids is 1. The Morgan fingerprint density at radius 1 is 1.42 bits per heavy atom. The quantitative estimate of drug-likeness (QED) is 0.832. The number of amides is 2. The lowest BCUT2D eigenvalue weighted by Gasteiger charge is -2.14. The minimum Gasteiger partial charge on any atom is -0.494 e. The molecule has 1 aromatic rings. The van der Waals surface area contributed by atoms with Crippen LogP contribution in [0.1, 0.15) is 19.4 Å². The lowest BCUT2D eigenvalue weighted by atomic mass is 10.2. The number of hydrogen-bond donors (Lipinski definition) is 2. The van der Waals surface area contributed by atoms with Gasteiger partial charge in [-0.05, 0) is 32.4 Å². The van der Waals surface area contributed by atoms with Crippen molar-refractivity contribution in [3.05, 3.63) is 23.8 Å². The van der Waals surface area contributed by atoms with E-state index in [1.165, 1.54) is 0 Å². The maximum atomic E-state index is 11.7. The van der Waals surface area contributed by atoms with Crippen LogP contribution in [0.5, 0.6) is 5.75 Å². The number of anilines is 1. The van der Waals surface area contributed by atoms with Crippen molar-refractivity contribution in [1.29, 1.82) is 0 Å². The number of urea groups is 1. The Kier molecular flexibility index (Phi) is 6.15. The van der Waals surface area contributed by atoms with Crippen molar-refractivity contribution in [2.24, 2.45) is 0 Å². The van der Waals surface area contributed by atoms with Crippen molar-refractivity contribution in [3.63, 3.8) is 0 Å². The molecular formula is C14H22N2O3. The molecule has 1 aromatic carbocycles. The molecule has 0 fully saturated rings. The summed E-state index contributed by atoms with van der Waals surface area (Å²) in [5, 5.41) is 5.55. The molecule has 0 bridgehead atoms. The predicted octanol–water partition coefficient (Wildman–Crippen LogP) is 2.55. The monoisotopic (exact) mass is 266 g/mol. The van der Waals surface area contributed by atoms with Gasteiger partial charge in [-0.1, -0.05) is 6.07 Å². The molecule has 0 saturated heterocycles. The lowest BCUT2D eigenvalue weighted by molar-refractivity contribution is 0.173. The van der Waals surface area contributed by atoms with E-state index in [1.807, 2.05) is 39.0 Å². The third-order valence-electron chi connectivity index (χ3n) is 2.54. The van der Waals surface area contributed by atoms with Crippen LogP contribution in [0.4, 0.5) is 10.5 Å². The van der Waals surface area contributed by atoms with Crippen LogP contribution in [0.2, 0.25) is 0 Å². The minimum absolute atomic E-state index is 0.0400. The molecule has 0 aliphatic carbocycles. The molecule has 0 heterocycles. The highest BCUT2D eigenvalue weighted by molar-refractivity contribution is 5.89. The van der Waals surface area contributed by atoms with Crippen molar-refractivity contribution < 1.29 is 14.3 Å². The van der Waals surface area contributed by atoms with Crippen LogP contribution in [0.15, 0.2) is 18.2 Å². The molecule has 5 heteroatoms. The van der Waals surface area contributed by atoms with E-state index in [9.17, 15) is 4.79 Å². The molecule has 1 unspecified atom stereocenters. The van der Waals surface area contributed by atoms with Gasteiger partial charge in [-0.25, -0.2) is 4.79 Å². The summed E-state index contributed by atoms with van der Waals surface area (Å²) in [5.41, 5.74) is 1.75. The number of hydrogen-bond acceptors (Lipinski definition) is 3. The van der Waals surface area contributed by atoms with Crippen molar-refractivity contribution in [3.8, 4) is 5.75 Å². The number of rotatable bonds is 6. The Hall–Kier alpha value is -1.75. The smallest absolute Gasteiger partial charge is 0.319 e. The summed E-state index contributed by atoms with van der Waals surface area (Å²) in [7, 11) is 1.60. The molecule has 0 aromatic heterocycles. The molecule has 5 nitrogen and oxygen atoms in total. The summed E-state index contributed by atoms with van der Waals surface area (Å²) < 4.78 is 10.4. The summed E-state index contributed by atoms with van der Waals surface area (Å²) >= 11 is 0. The van der Waals surface area contributed by atoms with Crippen LogP contribution in [-0.2, 0) is 4.74 Å². The van der Waals surface area contributed by atoms with E-state index in [1.54, 1.807) is 7.11 Å². The SMILES string of the molecule is CCOc1cc(NC(=O)NC(C)COC)ccc1C. The minimum atomic E-state index is -0.254. The molecule has 0 aliphatic rings. The van der Waals surface area contributed by atoms with Crippen LogP contribution >= 0.6 is 0 Å². The Bertz CT molecular complexity index is 421. The summed E-state index contributed by atoms with van der Waals surface area (Å²) in [4.78, 5) is 11.7. The van der Waals surface area contributed by atoms with Crippen LogP contribution in [0, 0.1) is 6.92 Å². The van der Waals surface area contributed by atoms with E-state index in [0.717, 1.165) is 11.3 Å². The highest BCUT2D eigenvalue weighted by Gasteiger charge is 2.08. The Morgan fingerprint density at radius 2 is 2.16 bits per heavy atom. The highest BCUT2D eigenvalue weighted by Crippen LogP contribution is 2.22. The molecule has 1 atom stereocenters. The third-order valence-corrected chi connectivity index (χ3v) is 2.54. The van der Waals surface area contributed by atoms with Gasteiger partial charge >= 0.3 is 6.03 Å². The zero-order valence-electron chi connectivity index (χ0n) is 11.9. The molecule has 0 aliphatic heterocycles. The van der Waals surface area contributed by atoms with E-state index in [2.05, 4.69) is 10.6 Å². The van der Waals surface area contributed by atoms with E-state index >= 15 is 0 Å². The molecule has 19 heavy (non-hydrogen) atoms. The Morgan fingerprint density at radius 3 is 2.79 bits per heavy atom. The molecular weight excluding hydrogens is 244 g/mol. The number of carbonyl (C=O) groups is 1. The van der Waals surface area contributed by atoms with Gasteiger partial charge in [0.15, 0.2) is 0 Å². The average molecular weight is 266 g/mol. The van der Waals surface area contributed by atoms with Gasteiger partial charge in [0.25, 0.3) is 0 Å². The van der Waals surface area contributed by atoms with E-state index in [-0.39, 0.29) is 12.1 Å². The molecule has 0 spiro atoms. The summed E-state index contributed by atoms with van der Waals surface area (Å²) in [6.07, 6.45) is 0. The van der Waals surface area contributed by atoms with Gasteiger partial charge in [-0.2, -0.15) is 0 Å². The number of aryl methyl sites for hydroxylation is 1. The largest absolute Gasteiger partial charge is 0.494 e. The van der Waals surface area contributed by atoms with Gasteiger partial charge in [-0.15, -0.1) is 0 Å². The fraction of sp³-hybridized carbons (Fsp3) is 0.500. The molecule has 2 amide bonds. The van der Waals surface area contributed by atoms with E-state index in [0.29, 0.717) is 18.9 Å². The van der Waals surface area contributed by atoms with Gasteiger partial charge in [0.2, 0.25) is 0 Å². The van der Waals surface area contributed by atoms with Crippen molar-refractivity contribution >= 4 is 11.7 Å². The van der Waals surface area contributed by atoms with Gasteiger partial charge in [0.1, 0.15) is 5.75 Å². The third kappa shape index (κ3) is 5.18. The first-order valence-corrected chi connectivity index (χ1v) is 6.36. The number of nitrogens with one attached hydrogen (secondary N) is 2. The average Bonchev–Trinajstić information content (AvgIpc) is 2.33. The fourth-order valence-electron chi connectivity index (χ4n) is 1.67. The van der Waals surface area contributed by atoms with E-state index in [4.69, 9.17) is 9.47 Å². The van der Waals surface area contributed by atoms with Crippen LogP contribution in [0.3, 0.4) is 0 Å². The molecule has 106 valence electrons. The second-order valence-corrected chi connectivity index (χ2v) is 4.37. The second-order valence-electron chi connectivity index (χ2n) is 4.37. The first-order valence-electron chi connectivity index (χ1n) is 6.36. The lowest BCUT2D eigenvalue weighted by Crippen LogP contribution is -2.38. The summed E-state index contributed by atoms with van der Waals surface area (Å²) in [5.74, 6) is 0.783. The molecule has 0 saturated carbocycles. The van der Waals surface area contributed by atoms with Gasteiger partial charge in [-0.3, -0.25) is 0 Å². The van der Waals surface area contributed by atoms with Crippen molar-refractivity contribution in [2.45, 2.75) is 26.8 Å². The normalized spacial score (nSPS) is 11.8. The Labute approximate surface area is 114 Å². The van der Waals surface area contributed by atoms with Gasteiger partial charge < -0.3 is 20.1 Å². The fourth-order valence-corrected chi connectivity index (χ4v) is 1.67. The van der Waals surface area contributed by atoms with E-state index < -0.39 is 0 Å². The van der Waals surface area contributed by atoms with Gasteiger partial charge in [0, 0.05) is 18.9 Å². The zero-order valence-corrected chi connectivity index (χ0v) is 11.9. The summed E-state index contributed by atoms with van der Waals surface area (Å²) in [6.45, 7) is 6.85. The zero-order chi connectivity index (χ0) is 14.3. The highest BCUT2D eigenvalue weighted by atomic mass is 16.5. The molecule has 0 radical (unpaired) electrons. The first-order chi connectivity index (χ1) is 9.06. The number of ether oxygens (including phenoxy) is 2. The number of benzene rings is 1. The topological polar surface area (TPSA) is 59.6 Å². The van der Waals surface area contributed by atoms with Crippen LogP contribution < -0.4 is 15.4 Å². The molecule has 1 rings (SSSR count). The standard InChI is InChI=1S/C14H22N2O3/c1-5-19-13-8-12(7-6-10(13)2)16-14(17)15-11(3)9-18-4/h6-8,11H,5,9H2,1-4H3,(H2,15,16,17). The maximum Gasteiger partial charge on any atom is 0.319 e. The van der Waals surface area contributed by atoms with Crippen LogP contribution in [-0.4, -0.2) is 32.4 Å². The second kappa shape index (κ2) is 7.63. The predicted molar refractivity (Wildman–Crippen MR) is 75.8 cm³/mol.